The predicted molar refractivity (Wildman–Crippen MR) is 95.2 cm³/mol. The standard InChI is InChI=1S/C15H17BrN4O2S/c1-2-3-4-5-12(21)10-8-17-7-6-11(10)19-14(22)20-15-18-9-13(16)23-15/h6-9H,2-5H2,1H3,(H2,17,18,19,20,22). The van der Waals surface area contributed by atoms with E-state index in [1.165, 1.54) is 17.5 Å². The zero-order valence-corrected chi connectivity index (χ0v) is 15.0. The van der Waals surface area contributed by atoms with Gasteiger partial charge in [0, 0.05) is 18.8 Å². The number of carbonyl (C=O) groups is 2. The average Bonchev–Trinajstić information content (AvgIpc) is 2.92. The summed E-state index contributed by atoms with van der Waals surface area (Å²) in [6, 6.07) is 1.17. The van der Waals surface area contributed by atoms with E-state index < -0.39 is 6.03 Å². The average molecular weight is 397 g/mol. The van der Waals surface area contributed by atoms with Crippen molar-refractivity contribution in [1.29, 1.82) is 0 Å². The van der Waals surface area contributed by atoms with Gasteiger partial charge in [-0.2, -0.15) is 0 Å². The van der Waals surface area contributed by atoms with Gasteiger partial charge < -0.3 is 5.32 Å². The summed E-state index contributed by atoms with van der Waals surface area (Å²) in [7, 11) is 0. The van der Waals surface area contributed by atoms with Crippen LogP contribution in [0.5, 0.6) is 0 Å². The van der Waals surface area contributed by atoms with E-state index in [1.54, 1.807) is 18.5 Å². The molecule has 0 saturated heterocycles. The van der Waals surface area contributed by atoms with Crippen LogP contribution in [0.1, 0.15) is 43.0 Å². The Bertz CT molecular complexity index is 690. The fourth-order valence-electron chi connectivity index (χ4n) is 1.96. The molecular formula is C15H17BrN4O2S. The molecule has 0 saturated carbocycles. The third kappa shape index (κ3) is 5.40. The molecule has 0 fully saturated rings. The third-order valence-corrected chi connectivity index (χ3v) is 4.47. The summed E-state index contributed by atoms with van der Waals surface area (Å²) in [4.78, 5) is 32.3. The topological polar surface area (TPSA) is 84.0 Å². The molecule has 0 unspecified atom stereocenters. The number of anilines is 2. The van der Waals surface area contributed by atoms with E-state index in [9.17, 15) is 9.59 Å². The molecule has 0 atom stereocenters. The molecule has 0 aliphatic carbocycles. The molecule has 0 aliphatic rings. The van der Waals surface area contributed by atoms with Gasteiger partial charge in [0.15, 0.2) is 10.9 Å². The Morgan fingerprint density at radius 1 is 1.26 bits per heavy atom. The molecule has 0 spiro atoms. The van der Waals surface area contributed by atoms with Gasteiger partial charge in [-0.3, -0.25) is 15.1 Å². The molecule has 122 valence electrons. The van der Waals surface area contributed by atoms with E-state index in [4.69, 9.17) is 0 Å². The van der Waals surface area contributed by atoms with Gasteiger partial charge in [0.25, 0.3) is 0 Å². The zero-order chi connectivity index (χ0) is 16.7. The highest BCUT2D eigenvalue weighted by Gasteiger charge is 2.14. The van der Waals surface area contributed by atoms with Gasteiger partial charge in [0.1, 0.15) is 0 Å². The number of unbranched alkanes of at least 4 members (excludes halogenated alkanes) is 2. The first kappa shape index (κ1) is 17.6. The third-order valence-electron chi connectivity index (χ3n) is 3.08. The first-order valence-electron chi connectivity index (χ1n) is 7.26. The summed E-state index contributed by atoms with van der Waals surface area (Å²) < 4.78 is 0.823. The highest BCUT2D eigenvalue weighted by Crippen LogP contribution is 2.23. The Kier molecular flexibility index (Phi) is 6.66. The quantitative estimate of drug-likeness (QED) is 0.524. The number of nitrogens with zero attached hydrogens (tertiary/aromatic N) is 2. The maximum Gasteiger partial charge on any atom is 0.325 e. The molecule has 0 aliphatic heterocycles. The van der Waals surface area contributed by atoms with Crippen LogP contribution in [0.3, 0.4) is 0 Å². The lowest BCUT2D eigenvalue weighted by molar-refractivity contribution is 0.0980. The van der Waals surface area contributed by atoms with Gasteiger partial charge in [0.05, 0.1) is 21.2 Å². The number of nitrogens with one attached hydrogen (secondary N) is 2. The second kappa shape index (κ2) is 8.73. The van der Waals surface area contributed by atoms with Crippen LogP contribution in [-0.2, 0) is 0 Å². The molecular weight excluding hydrogens is 380 g/mol. The summed E-state index contributed by atoms with van der Waals surface area (Å²) in [6.07, 6.45) is 7.99. The highest BCUT2D eigenvalue weighted by molar-refractivity contribution is 9.11. The second-order valence-corrected chi connectivity index (χ2v) is 7.26. The molecule has 2 amide bonds. The van der Waals surface area contributed by atoms with Gasteiger partial charge in [-0.15, -0.1) is 0 Å². The molecule has 2 N–H and O–H groups in total. The number of rotatable bonds is 7. The largest absolute Gasteiger partial charge is 0.325 e. The van der Waals surface area contributed by atoms with Crippen molar-refractivity contribution in [2.75, 3.05) is 10.6 Å². The molecule has 0 radical (unpaired) electrons. The number of Topliss-reactive ketones (excluding diaryl/α,β-unsaturated/α-hetero) is 1. The Morgan fingerprint density at radius 3 is 2.78 bits per heavy atom. The maximum absolute atomic E-state index is 12.3. The number of hydrogen-bond acceptors (Lipinski definition) is 5. The number of pyridine rings is 1. The van der Waals surface area contributed by atoms with Crippen LogP contribution in [0, 0.1) is 0 Å². The number of aromatic nitrogens is 2. The van der Waals surface area contributed by atoms with Crippen LogP contribution < -0.4 is 10.6 Å². The van der Waals surface area contributed by atoms with Gasteiger partial charge in [-0.1, -0.05) is 31.1 Å². The molecule has 2 heterocycles. The molecule has 6 nitrogen and oxygen atoms in total. The summed E-state index contributed by atoms with van der Waals surface area (Å²) in [5.41, 5.74) is 0.883. The van der Waals surface area contributed by atoms with Crippen LogP contribution >= 0.6 is 27.3 Å². The fraction of sp³-hybridized carbons (Fsp3) is 0.333. The van der Waals surface area contributed by atoms with E-state index in [2.05, 4.69) is 43.5 Å². The van der Waals surface area contributed by atoms with E-state index in [0.29, 0.717) is 22.8 Å². The smallest absolute Gasteiger partial charge is 0.307 e. The lowest BCUT2D eigenvalue weighted by atomic mass is 10.1. The molecule has 2 aromatic heterocycles. The predicted octanol–water partition coefficient (Wildman–Crippen LogP) is 4.71. The maximum atomic E-state index is 12.3. The molecule has 0 bridgehead atoms. The number of thiazole rings is 1. The summed E-state index contributed by atoms with van der Waals surface area (Å²) in [5.74, 6) is -0.0150. The van der Waals surface area contributed by atoms with Crippen molar-refractivity contribution < 1.29 is 9.59 Å². The number of hydrogen-bond donors (Lipinski definition) is 2. The van der Waals surface area contributed by atoms with Crippen molar-refractivity contribution in [3.05, 3.63) is 34.0 Å². The number of amides is 2. The van der Waals surface area contributed by atoms with Crippen molar-refractivity contribution >= 4 is 49.9 Å². The lowest BCUT2D eigenvalue weighted by Gasteiger charge is -2.10. The first-order chi connectivity index (χ1) is 11.1. The minimum absolute atomic E-state index is 0.0150. The number of carbonyl (C=O) groups excluding carboxylic acids is 2. The van der Waals surface area contributed by atoms with E-state index in [-0.39, 0.29) is 5.78 Å². The van der Waals surface area contributed by atoms with Crippen molar-refractivity contribution in [2.24, 2.45) is 0 Å². The Balaban J connectivity index is 2.01. The SMILES string of the molecule is CCCCCC(=O)c1cnccc1NC(=O)Nc1ncc(Br)s1. The van der Waals surface area contributed by atoms with Crippen molar-refractivity contribution in [3.8, 4) is 0 Å². The van der Waals surface area contributed by atoms with E-state index >= 15 is 0 Å². The fourth-order valence-corrected chi connectivity index (χ4v) is 3.06. The normalized spacial score (nSPS) is 10.3. The molecule has 0 aromatic carbocycles. The summed E-state index contributed by atoms with van der Waals surface area (Å²) >= 11 is 4.59. The van der Waals surface area contributed by atoms with Crippen LogP contribution in [0.2, 0.25) is 0 Å². The second-order valence-electron chi connectivity index (χ2n) is 4.85. The van der Waals surface area contributed by atoms with Gasteiger partial charge in [-0.05, 0) is 28.4 Å². The molecule has 2 rings (SSSR count). The van der Waals surface area contributed by atoms with Crippen LogP contribution in [0.15, 0.2) is 28.4 Å². The van der Waals surface area contributed by atoms with E-state index in [1.807, 2.05) is 0 Å². The van der Waals surface area contributed by atoms with Crippen molar-refractivity contribution in [3.63, 3.8) is 0 Å². The van der Waals surface area contributed by atoms with Crippen LogP contribution in [0.25, 0.3) is 0 Å². The monoisotopic (exact) mass is 396 g/mol. The van der Waals surface area contributed by atoms with Crippen LogP contribution in [-0.4, -0.2) is 21.8 Å². The summed E-state index contributed by atoms with van der Waals surface area (Å²) in [6.45, 7) is 2.09. The van der Waals surface area contributed by atoms with Gasteiger partial charge in [-0.25, -0.2) is 9.78 Å². The van der Waals surface area contributed by atoms with E-state index in [0.717, 1.165) is 23.0 Å². The Morgan fingerprint density at radius 2 is 2.09 bits per heavy atom. The zero-order valence-electron chi connectivity index (χ0n) is 12.6. The van der Waals surface area contributed by atoms with Crippen molar-refractivity contribution in [2.45, 2.75) is 32.6 Å². The molecule has 2 aromatic rings. The minimum Gasteiger partial charge on any atom is -0.307 e. The highest BCUT2D eigenvalue weighted by atomic mass is 79.9. The van der Waals surface area contributed by atoms with Gasteiger partial charge in [0.2, 0.25) is 0 Å². The number of ketones is 1. The first-order valence-corrected chi connectivity index (χ1v) is 8.87. The summed E-state index contributed by atoms with van der Waals surface area (Å²) in [5, 5.41) is 5.78. The minimum atomic E-state index is -0.444. The van der Waals surface area contributed by atoms with Gasteiger partial charge >= 0.3 is 6.03 Å². The Labute approximate surface area is 146 Å². The molecule has 8 heteroatoms. The number of halogens is 1. The van der Waals surface area contributed by atoms with Crippen LogP contribution in [0.4, 0.5) is 15.6 Å². The lowest BCUT2D eigenvalue weighted by Crippen LogP contribution is -2.21. The van der Waals surface area contributed by atoms with Crippen molar-refractivity contribution in [1.82, 2.24) is 9.97 Å². The molecule has 23 heavy (non-hydrogen) atoms. The number of urea groups is 1. The Hall–Kier alpha value is -1.80.